The minimum Gasteiger partial charge on any atom is -0.478 e. The van der Waals surface area contributed by atoms with E-state index in [2.05, 4.69) is 15.1 Å². The Morgan fingerprint density at radius 1 is 1.17 bits per heavy atom. The molecule has 18 heavy (non-hydrogen) atoms. The van der Waals surface area contributed by atoms with Crippen molar-refractivity contribution < 1.29 is 9.26 Å². The van der Waals surface area contributed by atoms with E-state index in [0.717, 1.165) is 5.56 Å². The molecule has 3 aromatic rings. The highest BCUT2D eigenvalue weighted by atomic mass is 35.5. The van der Waals surface area contributed by atoms with E-state index in [4.69, 9.17) is 20.9 Å². The van der Waals surface area contributed by atoms with E-state index in [0.29, 0.717) is 16.8 Å². The monoisotopic (exact) mass is 261 g/mol. The summed E-state index contributed by atoms with van der Waals surface area (Å²) in [6.07, 6.45) is 0. The van der Waals surface area contributed by atoms with Crippen molar-refractivity contribution in [3.8, 4) is 17.1 Å². The Kier molecular flexibility index (Phi) is 2.60. The highest BCUT2D eigenvalue weighted by molar-refractivity contribution is 6.28. The Morgan fingerprint density at radius 3 is 2.67 bits per heavy atom. The van der Waals surface area contributed by atoms with E-state index in [-0.39, 0.29) is 11.2 Å². The van der Waals surface area contributed by atoms with Crippen LogP contribution in [0.15, 0.2) is 34.9 Å². The molecule has 0 unspecified atom stereocenters. The third-order valence-electron chi connectivity index (χ3n) is 2.50. The van der Waals surface area contributed by atoms with Crippen molar-refractivity contribution in [3.05, 3.63) is 35.6 Å². The molecule has 0 saturated carbocycles. The van der Waals surface area contributed by atoms with Crippen LogP contribution in [0.5, 0.6) is 5.88 Å². The van der Waals surface area contributed by atoms with Gasteiger partial charge in [0.15, 0.2) is 0 Å². The number of rotatable bonds is 2. The number of benzene rings is 1. The quantitative estimate of drug-likeness (QED) is 0.664. The second kappa shape index (κ2) is 4.27. The second-order valence-corrected chi connectivity index (χ2v) is 3.91. The minimum atomic E-state index is 0.0970. The number of methoxy groups -OCH3 is 1. The van der Waals surface area contributed by atoms with Crippen LogP contribution in [0.2, 0.25) is 5.28 Å². The van der Waals surface area contributed by atoms with Crippen LogP contribution in [0.25, 0.3) is 22.4 Å². The number of hydrogen-bond donors (Lipinski definition) is 0. The van der Waals surface area contributed by atoms with Crippen LogP contribution >= 0.6 is 11.6 Å². The number of fused-ring (bicyclic) bond motifs is 1. The van der Waals surface area contributed by atoms with Gasteiger partial charge in [0.2, 0.25) is 10.9 Å². The molecule has 0 atom stereocenters. The van der Waals surface area contributed by atoms with E-state index in [1.54, 1.807) is 0 Å². The van der Waals surface area contributed by atoms with E-state index in [1.165, 1.54) is 7.11 Å². The average molecular weight is 262 g/mol. The zero-order chi connectivity index (χ0) is 12.5. The largest absolute Gasteiger partial charge is 0.478 e. The van der Waals surface area contributed by atoms with Gasteiger partial charge in [-0.2, -0.15) is 4.98 Å². The molecule has 0 fully saturated rings. The van der Waals surface area contributed by atoms with Crippen molar-refractivity contribution in [1.29, 1.82) is 0 Å². The summed E-state index contributed by atoms with van der Waals surface area (Å²) in [5.74, 6) is 0.277. The molecule has 0 aliphatic rings. The molecule has 5 nitrogen and oxygen atoms in total. The molecule has 1 aromatic carbocycles. The summed E-state index contributed by atoms with van der Waals surface area (Å²) in [4.78, 5) is 8.06. The van der Waals surface area contributed by atoms with Crippen LogP contribution in [-0.2, 0) is 0 Å². The van der Waals surface area contributed by atoms with Crippen LogP contribution in [0, 0.1) is 0 Å². The smallest absolute Gasteiger partial charge is 0.265 e. The first-order valence-corrected chi connectivity index (χ1v) is 5.59. The van der Waals surface area contributed by atoms with Crippen LogP contribution in [0.1, 0.15) is 0 Å². The fourth-order valence-corrected chi connectivity index (χ4v) is 1.87. The minimum absolute atomic E-state index is 0.0970. The molecule has 0 saturated heterocycles. The fraction of sp³-hybridized carbons (Fsp3) is 0.0833. The maximum Gasteiger partial charge on any atom is 0.265 e. The summed E-state index contributed by atoms with van der Waals surface area (Å²) in [6.45, 7) is 0. The number of aromatic nitrogens is 3. The molecule has 2 aromatic heterocycles. The van der Waals surface area contributed by atoms with E-state index >= 15 is 0 Å². The lowest BCUT2D eigenvalue weighted by Crippen LogP contribution is -1.91. The lowest BCUT2D eigenvalue weighted by molar-refractivity contribution is 0.379. The molecule has 0 N–H and O–H groups in total. The molecular weight excluding hydrogens is 254 g/mol. The summed E-state index contributed by atoms with van der Waals surface area (Å²) >= 11 is 5.85. The number of nitrogens with zero attached hydrogens (tertiary/aromatic N) is 3. The highest BCUT2D eigenvalue weighted by Gasteiger charge is 2.18. The van der Waals surface area contributed by atoms with Crippen molar-refractivity contribution in [1.82, 2.24) is 15.1 Å². The fourth-order valence-electron chi connectivity index (χ4n) is 1.70. The van der Waals surface area contributed by atoms with E-state index in [9.17, 15) is 0 Å². The topological polar surface area (TPSA) is 61.0 Å². The maximum absolute atomic E-state index is 5.85. The van der Waals surface area contributed by atoms with Gasteiger partial charge in [-0.3, -0.25) is 0 Å². The SMILES string of the molecule is COc1nc(Cl)nc2c(-c3ccccc3)noc12. The number of ether oxygens (including phenoxy) is 1. The average Bonchev–Trinajstić information content (AvgIpc) is 2.82. The molecule has 0 aliphatic heterocycles. The molecule has 0 aliphatic carbocycles. The molecule has 6 heteroatoms. The predicted molar refractivity (Wildman–Crippen MR) is 66.6 cm³/mol. The Balaban J connectivity index is 2.30. The summed E-state index contributed by atoms with van der Waals surface area (Å²) < 4.78 is 10.3. The van der Waals surface area contributed by atoms with Crippen molar-refractivity contribution in [2.24, 2.45) is 0 Å². The Bertz CT molecular complexity index is 697. The third-order valence-corrected chi connectivity index (χ3v) is 2.67. The first-order valence-electron chi connectivity index (χ1n) is 5.22. The second-order valence-electron chi connectivity index (χ2n) is 3.58. The maximum atomic E-state index is 5.85. The molecule has 0 radical (unpaired) electrons. The molecule has 3 rings (SSSR count). The zero-order valence-corrected chi connectivity index (χ0v) is 10.2. The van der Waals surface area contributed by atoms with Gasteiger partial charge in [0.05, 0.1) is 7.11 Å². The first kappa shape index (κ1) is 11.0. The van der Waals surface area contributed by atoms with Crippen molar-refractivity contribution >= 4 is 22.7 Å². The lowest BCUT2D eigenvalue weighted by Gasteiger charge is -1.99. The van der Waals surface area contributed by atoms with Crippen LogP contribution in [-0.4, -0.2) is 22.2 Å². The lowest BCUT2D eigenvalue weighted by atomic mass is 10.1. The van der Waals surface area contributed by atoms with Crippen molar-refractivity contribution in [3.63, 3.8) is 0 Å². The summed E-state index contributed by atoms with van der Waals surface area (Å²) in [7, 11) is 1.49. The Hall–Kier alpha value is -2.14. The van der Waals surface area contributed by atoms with E-state index in [1.807, 2.05) is 30.3 Å². The van der Waals surface area contributed by atoms with Gasteiger partial charge in [0.25, 0.3) is 5.88 Å². The summed E-state index contributed by atoms with van der Waals surface area (Å²) in [5, 5.41) is 4.10. The normalized spacial score (nSPS) is 10.8. The van der Waals surface area contributed by atoms with Gasteiger partial charge < -0.3 is 9.26 Å². The van der Waals surface area contributed by atoms with Crippen molar-refractivity contribution in [2.45, 2.75) is 0 Å². The van der Waals surface area contributed by atoms with Crippen LogP contribution in [0.4, 0.5) is 0 Å². The molecule has 90 valence electrons. The molecule has 0 bridgehead atoms. The first-order chi connectivity index (χ1) is 8.79. The molecule has 0 spiro atoms. The van der Waals surface area contributed by atoms with Gasteiger partial charge in [0, 0.05) is 5.56 Å². The van der Waals surface area contributed by atoms with Gasteiger partial charge in [-0.1, -0.05) is 35.5 Å². The number of hydrogen-bond acceptors (Lipinski definition) is 5. The van der Waals surface area contributed by atoms with Gasteiger partial charge >= 0.3 is 0 Å². The van der Waals surface area contributed by atoms with Gasteiger partial charge in [-0.05, 0) is 11.6 Å². The molecule has 2 heterocycles. The highest BCUT2D eigenvalue weighted by Crippen LogP contribution is 2.31. The zero-order valence-electron chi connectivity index (χ0n) is 9.42. The van der Waals surface area contributed by atoms with Crippen molar-refractivity contribution in [2.75, 3.05) is 7.11 Å². The van der Waals surface area contributed by atoms with Crippen LogP contribution < -0.4 is 4.74 Å². The van der Waals surface area contributed by atoms with E-state index < -0.39 is 0 Å². The van der Waals surface area contributed by atoms with Crippen LogP contribution in [0.3, 0.4) is 0 Å². The summed E-state index contributed by atoms with van der Waals surface area (Å²) in [5.41, 5.74) is 2.44. The third kappa shape index (κ3) is 1.69. The standard InChI is InChI=1S/C12H8ClN3O2/c1-17-11-10-9(14-12(13)15-11)8(16-18-10)7-5-3-2-4-6-7/h2-6H,1H3. The Morgan fingerprint density at radius 2 is 1.94 bits per heavy atom. The van der Waals surface area contributed by atoms with Gasteiger partial charge in [-0.15, -0.1) is 0 Å². The predicted octanol–water partition coefficient (Wildman–Crippen LogP) is 2.95. The molecule has 0 amide bonds. The van der Waals surface area contributed by atoms with Gasteiger partial charge in [-0.25, -0.2) is 4.98 Å². The van der Waals surface area contributed by atoms with Gasteiger partial charge in [0.1, 0.15) is 11.2 Å². The number of halogens is 1. The summed E-state index contributed by atoms with van der Waals surface area (Å²) in [6, 6.07) is 9.58. The molecular formula is C12H8ClN3O2. The Labute approximate surface area is 107 Å².